The highest BCUT2D eigenvalue weighted by Crippen LogP contribution is 2.26. The van der Waals surface area contributed by atoms with Crippen molar-refractivity contribution >= 4 is 27.8 Å². The number of piperidine rings is 1. The zero-order valence-electron chi connectivity index (χ0n) is 22.4. The van der Waals surface area contributed by atoms with Crippen LogP contribution in [0.1, 0.15) is 67.9 Å². The number of rotatable bonds is 10. The van der Waals surface area contributed by atoms with E-state index in [9.17, 15) is 9.18 Å². The summed E-state index contributed by atoms with van der Waals surface area (Å²) in [5.41, 5.74) is 1.58. The molecule has 0 aliphatic carbocycles. The first-order valence-corrected chi connectivity index (χ1v) is 14.0. The zero-order valence-corrected chi connectivity index (χ0v) is 24.0. The van der Waals surface area contributed by atoms with Crippen molar-refractivity contribution in [1.82, 2.24) is 15.5 Å². The number of aliphatic imine (C=N–C) groups is 1. The third-order valence-electron chi connectivity index (χ3n) is 6.73. The van der Waals surface area contributed by atoms with Crippen LogP contribution in [0.2, 0.25) is 0 Å². The van der Waals surface area contributed by atoms with Gasteiger partial charge in [0.2, 0.25) is 0 Å². The minimum atomic E-state index is -0.462. The molecule has 0 radical (unpaired) electrons. The maximum atomic E-state index is 14.9. The molecule has 2 aromatic carbocycles. The third-order valence-corrected chi connectivity index (χ3v) is 7.22. The van der Waals surface area contributed by atoms with E-state index in [1.165, 1.54) is 25.3 Å². The number of nitrogens with one attached hydrogen (secondary N) is 2. The minimum Gasteiger partial charge on any atom is -0.496 e. The van der Waals surface area contributed by atoms with Crippen molar-refractivity contribution in [3.05, 3.63) is 63.4 Å². The number of amides is 1. The maximum absolute atomic E-state index is 14.9. The molecular formula is C29H40BrFN4O2. The van der Waals surface area contributed by atoms with E-state index in [-0.39, 0.29) is 11.6 Å². The molecule has 1 unspecified atom stereocenters. The van der Waals surface area contributed by atoms with Crippen molar-refractivity contribution in [3.63, 3.8) is 0 Å². The molecule has 1 aliphatic heterocycles. The van der Waals surface area contributed by atoms with Crippen molar-refractivity contribution in [3.8, 4) is 5.75 Å². The van der Waals surface area contributed by atoms with E-state index in [4.69, 9.17) is 4.74 Å². The van der Waals surface area contributed by atoms with Crippen LogP contribution < -0.4 is 15.4 Å². The fraction of sp³-hybridized carbons (Fsp3) is 0.517. The third kappa shape index (κ3) is 8.82. The normalized spacial score (nSPS) is 16.6. The Morgan fingerprint density at radius 1 is 1.24 bits per heavy atom. The lowest BCUT2D eigenvalue weighted by Gasteiger charge is -2.33. The van der Waals surface area contributed by atoms with E-state index in [0.29, 0.717) is 37.0 Å². The van der Waals surface area contributed by atoms with Crippen LogP contribution in [0.15, 0.2) is 45.9 Å². The summed E-state index contributed by atoms with van der Waals surface area (Å²) in [5, 5.41) is 6.53. The van der Waals surface area contributed by atoms with Gasteiger partial charge in [0.1, 0.15) is 11.6 Å². The number of hydrogen-bond donors (Lipinski definition) is 2. The topological polar surface area (TPSA) is 66.0 Å². The molecule has 202 valence electrons. The van der Waals surface area contributed by atoms with Crippen molar-refractivity contribution in [2.45, 2.75) is 71.4 Å². The van der Waals surface area contributed by atoms with E-state index in [1.54, 1.807) is 19.2 Å². The lowest BCUT2D eigenvalue weighted by Crippen LogP contribution is -2.43. The highest BCUT2D eigenvalue weighted by atomic mass is 79.9. The number of methoxy groups -OCH3 is 1. The summed E-state index contributed by atoms with van der Waals surface area (Å²) in [6.07, 6.45) is 5.66. The zero-order chi connectivity index (χ0) is 26.8. The molecule has 6 nitrogen and oxygen atoms in total. The van der Waals surface area contributed by atoms with Gasteiger partial charge in [0, 0.05) is 40.8 Å². The second kappa shape index (κ2) is 14.5. The number of carbonyl (C=O) groups is 1. The van der Waals surface area contributed by atoms with Crippen molar-refractivity contribution in [2.75, 3.05) is 26.7 Å². The van der Waals surface area contributed by atoms with Gasteiger partial charge in [-0.15, -0.1) is 0 Å². The number of benzene rings is 2. The Kier molecular flexibility index (Phi) is 11.4. The Labute approximate surface area is 229 Å². The molecule has 0 spiro atoms. The van der Waals surface area contributed by atoms with Gasteiger partial charge in [-0.3, -0.25) is 4.79 Å². The molecule has 1 fully saturated rings. The van der Waals surface area contributed by atoms with Gasteiger partial charge in [0.15, 0.2) is 5.96 Å². The number of ether oxygens (including phenoxy) is 1. The minimum absolute atomic E-state index is 0.0946. The first-order chi connectivity index (χ1) is 17.8. The number of aryl methyl sites for hydroxylation is 1. The number of likely N-dealkylation sites (tertiary alicyclic amines) is 1. The Morgan fingerprint density at radius 2 is 2.05 bits per heavy atom. The predicted octanol–water partition coefficient (Wildman–Crippen LogP) is 5.73. The summed E-state index contributed by atoms with van der Waals surface area (Å²) in [5.74, 6) is 0.292. The van der Waals surface area contributed by atoms with Crippen molar-refractivity contribution in [1.29, 1.82) is 0 Å². The summed E-state index contributed by atoms with van der Waals surface area (Å²) in [7, 11) is 1.61. The molecular weight excluding hydrogens is 535 g/mol. The number of halogens is 2. The van der Waals surface area contributed by atoms with E-state index >= 15 is 0 Å². The van der Waals surface area contributed by atoms with E-state index < -0.39 is 11.7 Å². The van der Waals surface area contributed by atoms with Gasteiger partial charge in [-0.25, -0.2) is 4.39 Å². The lowest BCUT2D eigenvalue weighted by atomic mass is 9.98. The number of hydrogen-bond acceptors (Lipinski definition) is 3. The molecule has 1 heterocycles. The van der Waals surface area contributed by atoms with Crippen molar-refractivity contribution in [2.24, 2.45) is 4.99 Å². The van der Waals surface area contributed by atoms with E-state index in [2.05, 4.69) is 43.4 Å². The molecule has 1 amide bonds. The van der Waals surface area contributed by atoms with Crippen LogP contribution >= 0.6 is 15.9 Å². The second-order valence-corrected chi connectivity index (χ2v) is 10.9. The highest BCUT2D eigenvalue weighted by molar-refractivity contribution is 9.10. The molecule has 1 aliphatic rings. The fourth-order valence-electron chi connectivity index (χ4n) is 4.75. The summed E-state index contributed by atoms with van der Waals surface area (Å²) in [6, 6.07) is 11.0. The standard InChI is InChI=1S/C29H40BrFN4O2/c1-20(2)33-29(32-16-8-18-35-17-6-5-9-21(35)3)34-28(36)25-10-7-11-26(31)24(25)14-12-22-19-23(30)13-15-27(22)37-4/h7,10-11,13,15,19-21H,5-6,8-9,12,14,16-18H2,1-4H3,(H2,32,33,34,36). The number of carbonyl (C=O) groups excluding carboxylic acids is 1. The predicted molar refractivity (Wildman–Crippen MR) is 152 cm³/mol. The SMILES string of the molecule is COc1ccc(Br)cc1CCc1c(F)cccc1C(=O)/N=C(\NCCCN1CCCCC1C)NC(C)C. The van der Waals surface area contributed by atoms with Crippen LogP contribution in [0.3, 0.4) is 0 Å². The molecule has 2 N–H and O–H groups in total. The number of guanidine groups is 1. The van der Waals surface area contributed by atoms with Gasteiger partial charge in [-0.2, -0.15) is 4.99 Å². The van der Waals surface area contributed by atoms with Gasteiger partial charge in [-0.1, -0.05) is 28.4 Å². The largest absolute Gasteiger partial charge is 0.496 e. The molecule has 3 rings (SSSR count). The van der Waals surface area contributed by atoms with Gasteiger partial charge in [0.05, 0.1) is 7.11 Å². The monoisotopic (exact) mass is 574 g/mol. The van der Waals surface area contributed by atoms with Crippen LogP contribution in [0.4, 0.5) is 4.39 Å². The van der Waals surface area contributed by atoms with Gasteiger partial charge < -0.3 is 20.3 Å². The molecule has 8 heteroatoms. The summed E-state index contributed by atoms with van der Waals surface area (Å²) < 4.78 is 21.3. The quantitative estimate of drug-likeness (QED) is 0.215. The van der Waals surface area contributed by atoms with Crippen molar-refractivity contribution < 1.29 is 13.9 Å². The first kappa shape index (κ1) is 29.1. The van der Waals surface area contributed by atoms with E-state index in [0.717, 1.165) is 35.3 Å². The fourth-order valence-corrected chi connectivity index (χ4v) is 5.16. The van der Waals surface area contributed by atoms with Gasteiger partial charge in [-0.05, 0) is 95.3 Å². The van der Waals surface area contributed by atoms with E-state index in [1.807, 2.05) is 32.0 Å². The Morgan fingerprint density at radius 3 is 2.78 bits per heavy atom. The summed E-state index contributed by atoms with van der Waals surface area (Å²) in [6.45, 7) is 9.16. The second-order valence-electron chi connectivity index (χ2n) is 9.95. The highest BCUT2D eigenvalue weighted by Gasteiger charge is 2.19. The lowest BCUT2D eigenvalue weighted by molar-refractivity contribution is 0.100. The molecule has 1 saturated heterocycles. The molecule has 0 aromatic heterocycles. The van der Waals surface area contributed by atoms with Crippen LogP contribution in [0, 0.1) is 5.82 Å². The molecule has 2 aromatic rings. The molecule has 0 bridgehead atoms. The Balaban J connectivity index is 1.70. The van der Waals surface area contributed by atoms with Crippen LogP contribution in [-0.4, -0.2) is 55.6 Å². The van der Waals surface area contributed by atoms with Crippen LogP contribution in [0.25, 0.3) is 0 Å². The number of nitrogens with zero attached hydrogens (tertiary/aromatic N) is 2. The smallest absolute Gasteiger partial charge is 0.280 e. The Hall–Kier alpha value is -2.45. The average Bonchev–Trinajstić information content (AvgIpc) is 2.86. The Bertz CT molecular complexity index is 1080. The first-order valence-electron chi connectivity index (χ1n) is 13.3. The molecule has 0 saturated carbocycles. The van der Waals surface area contributed by atoms with Crippen LogP contribution in [0.5, 0.6) is 5.75 Å². The molecule has 1 atom stereocenters. The van der Waals surface area contributed by atoms with Gasteiger partial charge >= 0.3 is 0 Å². The maximum Gasteiger partial charge on any atom is 0.280 e. The van der Waals surface area contributed by atoms with Crippen LogP contribution in [-0.2, 0) is 12.8 Å². The van der Waals surface area contributed by atoms with Gasteiger partial charge in [0.25, 0.3) is 5.91 Å². The average molecular weight is 576 g/mol. The summed E-state index contributed by atoms with van der Waals surface area (Å²) in [4.78, 5) is 20.1. The summed E-state index contributed by atoms with van der Waals surface area (Å²) >= 11 is 3.48. The molecule has 37 heavy (non-hydrogen) atoms.